The summed E-state index contributed by atoms with van der Waals surface area (Å²) in [6.07, 6.45) is 3.13. The number of carbonyl (C=O) groups excluding carboxylic acids is 1. The van der Waals surface area contributed by atoms with Crippen molar-refractivity contribution in [2.75, 3.05) is 7.11 Å². The van der Waals surface area contributed by atoms with Gasteiger partial charge in [0.05, 0.1) is 23.1 Å². The van der Waals surface area contributed by atoms with Gasteiger partial charge in [-0.3, -0.25) is 9.89 Å². The quantitative estimate of drug-likeness (QED) is 0.489. The van der Waals surface area contributed by atoms with Crippen molar-refractivity contribution in [3.8, 4) is 5.75 Å². The predicted molar refractivity (Wildman–Crippen MR) is 79.4 cm³/mol. The highest BCUT2D eigenvalue weighted by Gasteiger charge is 2.10. The number of amides is 1. The summed E-state index contributed by atoms with van der Waals surface area (Å²) in [6, 6.07) is 7.32. The van der Waals surface area contributed by atoms with Crippen molar-refractivity contribution in [2.24, 2.45) is 5.10 Å². The fraction of sp³-hybridized carbons (Fsp3) is 0.0833. The summed E-state index contributed by atoms with van der Waals surface area (Å²) in [6.45, 7) is 0. The summed E-state index contributed by atoms with van der Waals surface area (Å²) in [5.41, 5.74) is 3.68. The van der Waals surface area contributed by atoms with Gasteiger partial charge in [-0.15, -0.1) is 0 Å². The molecule has 1 amide bonds. The van der Waals surface area contributed by atoms with E-state index in [0.717, 1.165) is 14.9 Å². The summed E-state index contributed by atoms with van der Waals surface area (Å²) in [5, 5.41) is 10.3. The first kappa shape index (κ1) is 13.5. The number of rotatable bonds is 4. The summed E-state index contributed by atoms with van der Waals surface area (Å²) < 4.78 is 5.79. The van der Waals surface area contributed by atoms with Crippen LogP contribution in [-0.4, -0.2) is 29.4 Å². The van der Waals surface area contributed by atoms with Crippen molar-refractivity contribution in [3.05, 3.63) is 45.3 Å². The van der Waals surface area contributed by atoms with Gasteiger partial charge in [0.15, 0.2) is 0 Å². The van der Waals surface area contributed by atoms with Gasteiger partial charge >= 0.3 is 0 Å². The van der Waals surface area contributed by atoms with E-state index >= 15 is 0 Å². The number of nitrogens with one attached hydrogen (secondary N) is 2. The van der Waals surface area contributed by atoms with Crippen LogP contribution in [0.15, 0.2) is 35.6 Å². The van der Waals surface area contributed by atoms with Gasteiger partial charge in [-0.05, 0) is 52.4 Å². The number of hydrogen-bond donors (Lipinski definition) is 2. The number of aromatic nitrogens is 2. The van der Waals surface area contributed by atoms with Crippen molar-refractivity contribution < 1.29 is 9.53 Å². The molecule has 0 bridgehead atoms. The minimum atomic E-state index is -0.327. The average Bonchev–Trinajstić information content (AvgIpc) is 2.86. The molecule has 0 atom stereocenters. The van der Waals surface area contributed by atoms with E-state index in [9.17, 15) is 4.79 Å². The van der Waals surface area contributed by atoms with Gasteiger partial charge in [0.1, 0.15) is 11.4 Å². The maximum atomic E-state index is 11.7. The number of benzene rings is 1. The molecule has 0 saturated carbocycles. The lowest BCUT2D eigenvalue weighted by Gasteiger charge is -1.99. The van der Waals surface area contributed by atoms with E-state index in [-0.39, 0.29) is 5.91 Å². The Kier molecular flexibility index (Phi) is 4.50. The van der Waals surface area contributed by atoms with E-state index in [1.807, 2.05) is 46.9 Å². The molecule has 0 aliphatic heterocycles. The summed E-state index contributed by atoms with van der Waals surface area (Å²) in [7, 11) is 1.61. The highest BCUT2D eigenvalue weighted by atomic mass is 127. The Morgan fingerprint density at radius 2 is 2.21 bits per heavy atom. The molecule has 19 heavy (non-hydrogen) atoms. The van der Waals surface area contributed by atoms with E-state index in [4.69, 9.17) is 4.74 Å². The molecule has 0 spiro atoms. The Balaban J connectivity index is 1.96. The van der Waals surface area contributed by atoms with Crippen molar-refractivity contribution in [2.45, 2.75) is 0 Å². The highest BCUT2D eigenvalue weighted by Crippen LogP contribution is 2.10. The van der Waals surface area contributed by atoms with Crippen molar-refractivity contribution in [1.29, 1.82) is 0 Å². The van der Waals surface area contributed by atoms with Crippen LogP contribution >= 0.6 is 22.6 Å². The fourth-order valence-corrected chi connectivity index (χ4v) is 1.85. The Labute approximate surface area is 123 Å². The third-order valence-corrected chi connectivity index (χ3v) is 3.13. The SMILES string of the molecule is COc1ccc(/C=N\NC(=O)c2[nH]ncc2I)cc1. The zero-order valence-corrected chi connectivity index (χ0v) is 12.2. The maximum absolute atomic E-state index is 11.7. The molecule has 7 heteroatoms. The lowest BCUT2D eigenvalue weighted by Crippen LogP contribution is -2.19. The van der Waals surface area contributed by atoms with E-state index in [1.165, 1.54) is 0 Å². The smallest absolute Gasteiger partial charge is 0.290 e. The first-order valence-electron chi connectivity index (χ1n) is 5.37. The molecule has 0 aliphatic rings. The number of aromatic amines is 1. The molecule has 0 fully saturated rings. The molecular formula is C12H11IN4O2. The number of ether oxygens (including phenoxy) is 1. The summed E-state index contributed by atoms with van der Waals surface area (Å²) in [4.78, 5) is 11.7. The molecule has 6 nitrogen and oxygen atoms in total. The number of nitrogens with zero attached hydrogens (tertiary/aromatic N) is 2. The van der Waals surface area contributed by atoms with Crippen LogP contribution in [0.5, 0.6) is 5.75 Å². The van der Waals surface area contributed by atoms with Gasteiger partial charge in [-0.2, -0.15) is 10.2 Å². The molecule has 2 aromatic rings. The Hall–Kier alpha value is -1.90. The first-order chi connectivity index (χ1) is 9.20. The second-order valence-corrected chi connectivity index (χ2v) is 4.73. The standard InChI is InChI=1S/C12H11IN4O2/c1-19-9-4-2-8(3-5-9)6-14-17-12(18)11-10(13)7-15-16-11/h2-7H,1H3,(H,15,16)(H,17,18)/b14-6-. The molecule has 1 aromatic carbocycles. The van der Waals surface area contributed by atoms with Gasteiger partial charge in [-0.1, -0.05) is 0 Å². The van der Waals surface area contributed by atoms with E-state index in [0.29, 0.717) is 5.69 Å². The molecule has 98 valence electrons. The van der Waals surface area contributed by atoms with Gasteiger partial charge in [0, 0.05) is 0 Å². The van der Waals surface area contributed by atoms with Gasteiger partial charge in [-0.25, -0.2) is 5.43 Å². The van der Waals surface area contributed by atoms with Crippen molar-refractivity contribution in [1.82, 2.24) is 15.6 Å². The lowest BCUT2D eigenvalue weighted by atomic mass is 10.2. The van der Waals surface area contributed by atoms with Crippen LogP contribution in [0, 0.1) is 3.57 Å². The predicted octanol–water partition coefficient (Wildman–Crippen LogP) is 1.79. The normalized spacial score (nSPS) is 10.6. The Bertz CT molecular complexity index is 592. The molecule has 1 heterocycles. The number of carbonyl (C=O) groups is 1. The fourth-order valence-electron chi connectivity index (χ4n) is 1.34. The highest BCUT2D eigenvalue weighted by molar-refractivity contribution is 14.1. The number of hydrogen-bond acceptors (Lipinski definition) is 4. The Morgan fingerprint density at radius 1 is 1.47 bits per heavy atom. The molecule has 0 radical (unpaired) electrons. The maximum Gasteiger partial charge on any atom is 0.290 e. The van der Waals surface area contributed by atoms with Gasteiger partial charge in [0.2, 0.25) is 0 Å². The minimum absolute atomic E-state index is 0.327. The largest absolute Gasteiger partial charge is 0.497 e. The molecular weight excluding hydrogens is 359 g/mol. The third kappa shape index (κ3) is 3.53. The van der Waals surface area contributed by atoms with Crippen LogP contribution in [-0.2, 0) is 0 Å². The second kappa shape index (κ2) is 6.32. The molecule has 2 rings (SSSR count). The Morgan fingerprint density at radius 3 is 2.79 bits per heavy atom. The van der Waals surface area contributed by atoms with Gasteiger partial charge in [0.25, 0.3) is 5.91 Å². The first-order valence-corrected chi connectivity index (χ1v) is 6.45. The average molecular weight is 370 g/mol. The zero-order chi connectivity index (χ0) is 13.7. The summed E-state index contributed by atoms with van der Waals surface area (Å²) >= 11 is 2.02. The zero-order valence-electron chi connectivity index (χ0n) is 10.1. The molecule has 0 aliphatic carbocycles. The van der Waals surface area contributed by atoms with E-state index < -0.39 is 0 Å². The third-order valence-electron chi connectivity index (χ3n) is 2.32. The molecule has 1 aromatic heterocycles. The lowest BCUT2D eigenvalue weighted by molar-refractivity contribution is 0.0949. The van der Waals surface area contributed by atoms with Crippen LogP contribution < -0.4 is 10.2 Å². The van der Waals surface area contributed by atoms with Crippen molar-refractivity contribution in [3.63, 3.8) is 0 Å². The second-order valence-electron chi connectivity index (χ2n) is 3.57. The minimum Gasteiger partial charge on any atom is -0.497 e. The van der Waals surface area contributed by atoms with Crippen LogP contribution in [0.1, 0.15) is 16.1 Å². The molecule has 2 N–H and O–H groups in total. The van der Waals surface area contributed by atoms with Crippen molar-refractivity contribution >= 4 is 34.7 Å². The molecule has 0 saturated heterocycles. The van der Waals surface area contributed by atoms with Crippen LogP contribution in [0.3, 0.4) is 0 Å². The monoisotopic (exact) mass is 370 g/mol. The van der Waals surface area contributed by atoms with Crippen LogP contribution in [0.2, 0.25) is 0 Å². The number of halogens is 1. The van der Waals surface area contributed by atoms with E-state index in [2.05, 4.69) is 20.7 Å². The van der Waals surface area contributed by atoms with E-state index in [1.54, 1.807) is 19.5 Å². The number of hydrazone groups is 1. The number of methoxy groups -OCH3 is 1. The molecule has 0 unspecified atom stereocenters. The van der Waals surface area contributed by atoms with Crippen LogP contribution in [0.4, 0.5) is 0 Å². The topological polar surface area (TPSA) is 79.4 Å². The van der Waals surface area contributed by atoms with Crippen LogP contribution in [0.25, 0.3) is 0 Å². The van der Waals surface area contributed by atoms with Gasteiger partial charge < -0.3 is 4.74 Å². The summed E-state index contributed by atoms with van der Waals surface area (Å²) in [5.74, 6) is 0.444. The number of H-pyrrole nitrogens is 1.